The van der Waals surface area contributed by atoms with Gasteiger partial charge < -0.3 is 14.6 Å². The van der Waals surface area contributed by atoms with Crippen LogP contribution in [0.15, 0.2) is 29.4 Å². The maximum Gasteiger partial charge on any atom is 0.191 e. The molecule has 0 aliphatic carbocycles. The zero-order chi connectivity index (χ0) is 15.2. The van der Waals surface area contributed by atoms with E-state index in [0.717, 1.165) is 23.9 Å². The van der Waals surface area contributed by atoms with E-state index in [2.05, 4.69) is 40.2 Å². The average molecular weight is 306 g/mol. The van der Waals surface area contributed by atoms with Gasteiger partial charge in [-0.2, -0.15) is 0 Å². The van der Waals surface area contributed by atoms with E-state index < -0.39 is 0 Å². The number of aromatic nitrogens is 3. The molecule has 0 fully saturated rings. The van der Waals surface area contributed by atoms with E-state index in [1.807, 2.05) is 24.7 Å². The van der Waals surface area contributed by atoms with Gasteiger partial charge in [0.25, 0.3) is 0 Å². The number of nitrogens with zero attached hydrogens (tertiary/aromatic N) is 4. The van der Waals surface area contributed by atoms with Crippen molar-refractivity contribution in [3.05, 3.63) is 35.7 Å². The maximum atomic E-state index is 9.32. The number of para-hydroxylation sites is 1. The number of hydrogen-bond acceptors (Lipinski definition) is 5. The van der Waals surface area contributed by atoms with Crippen molar-refractivity contribution in [3.8, 4) is 0 Å². The zero-order valence-electron chi connectivity index (χ0n) is 12.8. The Morgan fingerprint density at radius 3 is 2.67 bits per heavy atom. The van der Waals surface area contributed by atoms with Gasteiger partial charge in [-0.25, -0.2) is 0 Å². The lowest BCUT2D eigenvalue weighted by atomic mass is 10.2. The predicted molar refractivity (Wildman–Crippen MR) is 86.6 cm³/mol. The third-order valence-corrected chi connectivity index (χ3v) is 4.23. The molecule has 0 bridgehead atoms. The molecule has 0 aliphatic heterocycles. The normalized spacial score (nSPS) is 10.9. The molecule has 5 nitrogen and oxygen atoms in total. The van der Waals surface area contributed by atoms with Crippen molar-refractivity contribution in [2.45, 2.75) is 37.4 Å². The summed E-state index contributed by atoms with van der Waals surface area (Å²) in [6, 6.07) is 8.35. The largest absolute Gasteiger partial charge is 0.388 e. The standard InChI is InChI=1S/C15H22N4OS/c1-4-9-19-14(10-20)16-17-15(19)21-11-12-7-5-6-8-13(12)18(2)3/h5-8,20H,4,9-11H2,1-3H3. The van der Waals surface area contributed by atoms with E-state index in [1.54, 1.807) is 11.8 Å². The summed E-state index contributed by atoms with van der Waals surface area (Å²) in [5, 5.41) is 18.4. The Morgan fingerprint density at radius 1 is 1.24 bits per heavy atom. The number of rotatable bonds is 7. The fourth-order valence-electron chi connectivity index (χ4n) is 2.20. The first kappa shape index (κ1) is 15.9. The molecule has 0 unspecified atom stereocenters. The molecule has 6 heteroatoms. The topological polar surface area (TPSA) is 54.2 Å². The van der Waals surface area contributed by atoms with Gasteiger partial charge in [-0.3, -0.25) is 0 Å². The third-order valence-electron chi connectivity index (χ3n) is 3.21. The van der Waals surface area contributed by atoms with E-state index in [0.29, 0.717) is 5.82 Å². The van der Waals surface area contributed by atoms with Crippen LogP contribution in [0.1, 0.15) is 24.7 Å². The van der Waals surface area contributed by atoms with E-state index in [1.165, 1.54) is 11.3 Å². The van der Waals surface area contributed by atoms with Crippen molar-refractivity contribution in [2.75, 3.05) is 19.0 Å². The highest BCUT2D eigenvalue weighted by Crippen LogP contribution is 2.27. The summed E-state index contributed by atoms with van der Waals surface area (Å²) in [5.74, 6) is 1.47. The molecule has 21 heavy (non-hydrogen) atoms. The highest BCUT2D eigenvalue weighted by Gasteiger charge is 2.12. The van der Waals surface area contributed by atoms with Crippen LogP contribution < -0.4 is 4.90 Å². The molecule has 1 aromatic carbocycles. The van der Waals surface area contributed by atoms with Crippen molar-refractivity contribution >= 4 is 17.4 Å². The molecule has 0 aliphatic rings. The first-order chi connectivity index (χ1) is 10.2. The van der Waals surface area contributed by atoms with Crippen LogP contribution in [-0.2, 0) is 18.9 Å². The van der Waals surface area contributed by atoms with Crippen LogP contribution >= 0.6 is 11.8 Å². The Balaban J connectivity index is 2.15. The van der Waals surface area contributed by atoms with E-state index in [9.17, 15) is 5.11 Å². The number of hydrogen-bond donors (Lipinski definition) is 1. The number of benzene rings is 1. The summed E-state index contributed by atoms with van der Waals surface area (Å²) in [4.78, 5) is 2.12. The first-order valence-electron chi connectivity index (χ1n) is 7.08. The van der Waals surface area contributed by atoms with E-state index >= 15 is 0 Å². The van der Waals surface area contributed by atoms with Crippen molar-refractivity contribution < 1.29 is 5.11 Å². The number of thioether (sulfide) groups is 1. The SMILES string of the molecule is CCCn1c(CO)nnc1SCc1ccccc1N(C)C. The number of aliphatic hydroxyl groups excluding tert-OH is 1. The van der Waals surface area contributed by atoms with Crippen LogP contribution in [0, 0.1) is 0 Å². The third kappa shape index (κ3) is 3.77. The minimum absolute atomic E-state index is 0.0676. The summed E-state index contributed by atoms with van der Waals surface area (Å²) in [6.07, 6.45) is 0.993. The summed E-state index contributed by atoms with van der Waals surface area (Å²) >= 11 is 1.66. The van der Waals surface area contributed by atoms with Crippen molar-refractivity contribution in [1.29, 1.82) is 0 Å². The van der Waals surface area contributed by atoms with Gasteiger partial charge in [0, 0.05) is 32.1 Å². The van der Waals surface area contributed by atoms with Crippen LogP contribution in [0.3, 0.4) is 0 Å². The lowest BCUT2D eigenvalue weighted by molar-refractivity contribution is 0.263. The number of anilines is 1. The molecule has 0 saturated carbocycles. The molecule has 114 valence electrons. The summed E-state index contributed by atoms with van der Waals surface area (Å²) in [5.41, 5.74) is 2.48. The Kier molecular flexibility index (Phi) is 5.64. The quantitative estimate of drug-likeness (QED) is 0.797. The van der Waals surface area contributed by atoms with Crippen molar-refractivity contribution in [3.63, 3.8) is 0 Å². The molecule has 1 heterocycles. The maximum absolute atomic E-state index is 9.32. The Bertz CT molecular complexity index is 583. The Labute approximate surface area is 130 Å². The molecule has 0 amide bonds. The lowest BCUT2D eigenvalue weighted by Gasteiger charge is -2.17. The van der Waals surface area contributed by atoms with Gasteiger partial charge in [0.05, 0.1) is 0 Å². The fourth-order valence-corrected chi connectivity index (χ4v) is 3.18. The molecule has 1 aromatic heterocycles. The van der Waals surface area contributed by atoms with Crippen LogP contribution in [0.5, 0.6) is 0 Å². The minimum atomic E-state index is -0.0676. The predicted octanol–water partition coefficient (Wildman–Crippen LogP) is 2.54. The molecule has 0 radical (unpaired) electrons. The second-order valence-electron chi connectivity index (χ2n) is 5.02. The van der Waals surface area contributed by atoms with Gasteiger partial charge in [-0.15, -0.1) is 10.2 Å². The summed E-state index contributed by atoms with van der Waals surface area (Å²) in [7, 11) is 4.10. The van der Waals surface area contributed by atoms with Gasteiger partial charge in [-0.05, 0) is 18.1 Å². The molecule has 2 aromatic rings. The van der Waals surface area contributed by atoms with Crippen molar-refractivity contribution in [2.24, 2.45) is 0 Å². The molecule has 1 N–H and O–H groups in total. The molecule has 0 saturated heterocycles. The minimum Gasteiger partial charge on any atom is -0.388 e. The fraction of sp³-hybridized carbons (Fsp3) is 0.467. The van der Waals surface area contributed by atoms with Gasteiger partial charge in [0.15, 0.2) is 11.0 Å². The van der Waals surface area contributed by atoms with Crippen LogP contribution in [0.2, 0.25) is 0 Å². The monoisotopic (exact) mass is 306 g/mol. The second-order valence-corrected chi connectivity index (χ2v) is 5.96. The molecule has 2 rings (SSSR count). The van der Waals surface area contributed by atoms with Gasteiger partial charge in [-0.1, -0.05) is 36.9 Å². The van der Waals surface area contributed by atoms with Crippen LogP contribution in [-0.4, -0.2) is 34.0 Å². The molecule has 0 spiro atoms. The van der Waals surface area contributed by atoms with Crippen molar-refractivity contribution in [1.82, 2.24) is 14.8 Å². The molecule has 0 atom stereocenters. The van der Waals surface area contributed by atoms with Crippen LogP contribution in [0.25, 0.3) is 0 Å². The van der Waals surface area contributed by atoms with Gasteiger partial charge >= 0.3 is 0 Å². The second kappa shape index (κ2) is 7.47. The van der Waals surface area contributed by atoms with E-state index in [4.69, 9.17) is 0 Å². The Morgan fingerprint density at radius 2 is 2.00 bits per heavy atom. The number of aliphatic hydroxyl groups is 1. The zero-order valence-corrected chi connectivity index (χ0v) is 13.6. The van der Waals surface area contributed by atoms with Gasteiger partial charge in [0.1, 0.15) is 6.61 Å². The highest BCUT2D eigenvalue weighted by atomic mass is 32.2. The van der Waals surface area contributed by atoms with E-state index in [-0.39, 0.29) is 6.61 Å². The highest BCUT2D eigenvalue weighted by molar-refractivity contribution is 7.98. The Hall–Kier alpha value is -1.53. The summed E-state index contributed by atoms with van der Waals surface area (Å²) < 4.78 is 2.00. The van der Waals surface area contributed by atoms with Crippen LogP contribution in [0.4, 0.5) is 5.69 Å². The van der Waals surface area contributed by atoms with Gasteiger partial charge in [0.2, 0.25) is 0 Å². The summed E-state index contributed by atoms with van der Waals surface area (Å²) in [6.45, 7) is 2.87. The first-order valence-corrected chi connectivity index (χ1v) is 8.06. The smallest absolute Gasteiger partial charge is 0.191 e. The average Bonchev–Trinajstić information content (AvgIpc) is 2.88. The molecular formula is C15H22N4OS. The molecular weight excluding hydrogens is 284 g/mol. The lowest BCUT2D eigenvalue weighted by Crippen LogP contribution is -2.11.